The fourth-order valence-corrected chi connectivity index (χ4v) is 5.08. The summed E-state index contributed by atoms with van der Waals surface area (Å²) in [5, 5.41) is 33.1. The normalized spacial score (nSPS) is 21.8. The number of hydrogen-bond donors (Lipinski definition) is 4. The lowest BCUT2D eigenvalue weighted by atomic mass is 9.77. The Morgan fingerprint density at radius 1 is 1.19 bits per heavy atom. The lowest BCUT2D eigenvalue weighted by molar-refractivity contribution is -0.134. The summed E-state index contributed by atoms with van der Waals surface area (Å²) < 4.78 is 25.3. The van der Waals surface area contributed by atoms with Gasteiger partial charge in [0.25, 0.3) is 0 Å². The van der Waals surface area contributed by atoms with Crippen LogP contribution in [0.15, 0.2) is 48.0 Å². The van der Waals surface area contributed by atoms with Gasteiger partial charge in [0, 0.05) is 31.1 Å². The van der Waals surface area contributed by atoms with E-state index in [1.165, 1.54) is 31.1 Å². The van der Waals surface area contributed by atoms with Gasteiger partial charge in [-0.05, 0) is 47.9 Å². The molecular weight excluding hydrogens is 483 g/mol. The van der Waals surface area contributed by atoms with Crippen LogP contribution in [-0.2, 0) is 22.6 Å². The van der Waals surface area contributed by atoms with Crippen LogP contribution in [0, 0.1) is 5.82 Å². The van der Waals surface area contributed by atoms with E-state index in [1.807, 2.05) is 0 Å². The molecule has 2 aromatic carbocycles. The van der Waals surface area contributed by atoms with Crippen LogP contribution in [0.2, 0.25) is 0 Å². The first kappa shape index (κ1) is 26.6. The monoisotopic (exact) mass is 514 g/mol. The minimum Gasteiger partial charge on any atom is -0.493 e. The van der Waals surface area contributed by atoms with Gasteiger partial charge in [0.15, 0.2) is 11.5 Å². The van der Waals surface area contributed by atoms with Gasteiger partial charge < -0.3 is 35.0 Å². The molecular formula is C27H31FN2O7. The van der Waals surface area contributed by atoms with Gasteiger partial charge in [0.2, 0.25) is 11.8 Å². The van der Waals surface area contributed by atoms with E-state index >= 15 is 0 Å². The highest BCUT2D eigenvalue weighted by molar-refractivity contribution is 5.96. The van der Waals surface area contributed by atoms with Gasteiger partial charge in [0.1, 0.15) is 18.0 Å². The van der Waals surface area contributed by atoms with E-state index in [1.54, 1.807) is 30.3 Å². The van der Waals surface area contributed by atoms with Gasteiger partial charge in [-0.25, -0.2) is 4.39 Å². The molecule has 4 unspecified atom stereocenters. The van der Waals surface area contributed by atoms with Crippen LogP contribution >= 0.6 is 0 Å². The number of halogens is 1. The number of amides is 2. The van der Waals surface area contributed by atoms with Crippen molar-refractivity contribution in [3.05, 3.63) is 70.6 Å². The summed E-state index contributed by atoms with van der Waals surface area (Å²) in [5.41, 5.74) is 2.07. The molecule has 0 saturated heterocycles. The van der Waals surface area contributed by atoms with Gasteiger partial charge >= 0.3 is 0 Å². The Morgan fingerprint density at radius 2 is 1.97 bits per heavy atom. The second-order valence-corrected chi connectivity index (χ2v) is 9.11. The topological polar surface area (TPSA) is 129 Å². The lowest BCUT2D eigenvalue weighted by Gasteiger charge is -2.40. The Kier molecular flexibility index (Phi) is 8.11. The van der Waals surface area contributed by atoms with Gasteiger partial charge in [-0.3, -0.25) is 9.59 Å². The molecule has 1 aliphatic carbocycles. The summed E-state index contributed by atoms with van der Waals surface area (Å²) in [4.78, 5) is 27.4. The molecule has 0 spiro atoms. The highest BCUT2D eigenvalue weighted by atomic mass is 19.1. The van der Waals surface area contributed by atoms with Crippen molar-refractivity contribution in [2.75, 3.05) is 26.8 Å². The van der Waals surface area contributed by atoms with Crippen LogP contribution in [0.5, 0.6) is 11.5 Å². The maximum absolute atomic E-state index is 13.7. The zero-order valence-electron chi connectivity index (χ0n) is 20.7. The number of carbonyl (C=O) groups is 2. The zero-order chi connectivity index (χ0) is 26.7. The zero-order valence-corrected chi connectivity index (χ0v) is 20.7. The molecule has 2 aliphatic rings. The third-order valence-electron chi connectivity index (χ3n) is 6.79. The molecule has 1 heterocycles. The average Bonchev–Trinajstić information content (AvgIpc) is 3.27. The van der Waals surface area contributed by atoms with Crippen LogP contribution in [-0.4, -0.2) is 77.1 Å². The van der Waals surface area contributed by atoms with Crippen molar-refractivity contribution < 1.29 is 38.8 Å². The minimum absolute atomic E-state index is 0.0183. The van der Waals surface area contributed by atoms with Gasteiger partial charge in [0.05, 0.1) is 32.3 Å². The van der Waals surface area contributed by atoms with Crippen molar-refractivity contribution in [3.8, 4) is 11.5 Å². The number of rotatable bonds is 9. The van der Waals surface area contributed by atoms with Crippen molar-refractivity contribution in [2.45, 2.75) is 44.1 Å². The van der Waals surface area contributed by atoms with E-state index in [-0.39, 0.29) is 43.6 Å². The molecule has 0 bridgehead atoms. The third kappa shape index (κ3) is 5.31. The third-order valence-corrected chi connectivity index (χ3v) is 6.79. The average molecular weight is 515 g/mol. The Bertz CT molecular complexity index is 1200. The first-order valence-electron chi connectivity index (χ1n) is 12.1. The van der Waals surface area contributed by atoms with E-state index in [0.29, 0.717) is 34.6 Å². The number of ether oxygens (including phenoxy) is 2. The van der Waals surface area contributed by atoms with E-state index in [2.05, 4.69) is 5.32 Å². The molecule has 4 rings (SSSR count). The van der Waals surface area contributed by atoms with Crippen molar-refractivity contribution >= 4 is 11.8 Å². The van der Waals surface area contributed by atoms with Crippen molar-refractivity contribution in [3.63, 3.8) is 0 Å². The number of carbonyl (C=O) groups excluding carboxylic acids is 2. The molecule has 1 aliphatic heterocycles. The highest BCUT2D eigenvalue weighted by Crippen LogP contribution is 2.51. The molecule has 2 amide bonds. The standard InChI is InChI=1S/C27H31FN2O7/c1-15(33)30(8-6-16-4-3-5-18(28)10-16)21-13-20(27(35)29-7-9-31)23-19-11-17(14-32)12-22(36-2)25(19)37-26(23)24(21)34/h3-5,10-13,21,23-24,26,31-32,34H,6-9,14H2,1-2H3,(H,29,35). The SMILES string of the molecule is COc1cc(CO)cc2c1OC1C2C(C(=O)NCCO)=CC(N(CCc2cccc(F)c2)C(C)=O)C1O. The number of methoxy groups -OCH3 is 1. The number of aliphatic hydroxyl groups excluding tert-OH is 3. The smallest absolute Gasteiger partial charge is 0.247 e. The molecule has 4 atom stereocenters. The van der Waals surface area contributed by atoms with Gasteiger partial charge in [-0.2, -0.15) is 0 Å². The number of nitrogens with zero attached hydrogens (tertiary/aromatic N) is 1. The largest absolute Gasteiger partial charge is 0.493 e. The Balaban J connectivity index is 1.73. The van der Waals surface area contributed by atoms with Crippen LogP contribution < -0.4 is 14.8 Å². The molecule has 4 N–H and O–H groups in total. The summed E-state index contributed by atoms with van der Waals surface area (Å²) in [7, 11) is 1.45. The predicted octanol–water partition coefficient (Wildman–Crippen LogP) is 1.04. The van der Waals surface area contributed by atoms with Gasteiger partial charge in [-0.1, -0.05) is 12.1 Å². The predicted molar refractivity (Wildman–Crippen MR) is 132 cm³/mol. The van der Waals surface area contributed by atoms with Crippen molar-refractivity contribution in [1.29, 1.82) is 0 Å². The summed E-state index contributed by atoms with van der Waals surface area (Å²) in [5.74, 6) is -1.19. The fraction of sp³-hybridized carbons (Fsp3) is 0.407. The van der Waals surface area contributed by atoms with E-state index in [9.17, 15) is 29.3 Å². The van der Waals surface area contributed by atoms with Crippen LogP contribution in [0.25, 0.3) is 0 Å². The van der Waals surface area contributed by atoms with E-state index in [0.717, 1.165) is 0 Å². The Morgan fingerprint density at radius 3 is 2.62 bits per heavy atom. The number of benzene rings is 2. The van der Waals surface area contributed by atoms with Crippen LogP contribution in [0.4, 0.5) is 4.39 Å². The summed E-state index contributed by atoms with van der Waals surface area (Å²) >= 11 is 0. The minimum atomic E-state index is -1.20. The maximum Gasteiger partial charge on any atom is 0.247 e. The molecule has 198 valence electrons. The van der Waals surface area contributed by atoms with Crippen LogP contribution in [0.3, 0.4) is 0 Å². The Hall–Kier alpha value is -3.47. The lowest BCUT2D eigenvalue weighted by Crippen LogP contribution is -2.55. The molecule has 0 radical (unpaired) electrons. The quantitative estimate of drug-likeness (QED) is 0.394. The van der Waals surface area contributed by atoms with Gasteiger partial charge in [-0.15, -0.1) is 0 Å². The summed E-state index contributed by atoms with van der Waals surface area (Å²) in [6.07, 6.45) is -0.227. The number of nitrogens with one attached hydrogen (secondary N) is 1. The van der Waals surface area contributed by atoms with Crippen molar-refractivity contribution in [1.82, 2.24) is 10.2 Å². The van der Waals surface area contributed by atoms with Crippen LogP contribution in [0.1, 0.15) is 29.5 Å². The second kappa shape index (κ2) is 11.3. The Labute approximate surface area is 214 Å². The molecule has 0 fully saturated rings. The number of hydrogen-bond acceptors (Lipinski definition) is 7. The molecule has 2 aromatic rings. The summed E-state index contributed by atoms with van der Waals surface area (Å²) in [6, 6.07) is 8.48. The molecule has 0 aromatic heterocycles. The highest BCUT2D eigenvalue weighted by Gasteiger charge is 2.51. The first-order valence-corrected chi connectivity index (χ1v) is 12.1. The maximum atomic E-state index is 13.7. The molecule has 0 saturated carbocycles. The second-order valence-electron chi connectivity index (χ2n) is 9.11. The molecule has 10 heteroatoms. The number of aliphatic hydroxyl groups is 3. The molecule has 37 heavy (non-hydrogen) atoms. The fourth-order valence-electron chi connectivity index (χ4n) is 5.08. The van der Waals surface area contributed by atoms with Crippen molar-refractivity contribution in [2.24, 2.45) is 0 Å². The first-order chi connectivity index (χ1) is 17.8. The van der Waals surface area contributed by atoms with E-state index < -0.39 is 30.1 Å². The summed E-state index contributed by atoms with van der Waals surface area (Å²) in [6.45, 7) is 1.03. The molecule has 9 nitrogen and oxygen atoms in total. The van der Waals surface area contributed by atoms with E-state index in [4.69, 9.17) is 9.47 Å². The number of fused-ring (bicyclic) bond motifs is 3.